The standard InChI is InChI=1S/C25H28N4O2/c1-18-15-21(25(30)29-14-4-3-5-19(29)2)8-11-23(18)28-16-20-6-9-22(10-7-20)31-24-17-26-12-13-27-24/h6-13,15,17,19,28H,3-5,14,16H2,1-2H3. The Hall–Kier alpha value is -3.41. The average Bonchev–Trinajstić information content (AvgIpc) is 2.80. The second-order valence-corrected chi connectivity index (χ2v) is 8.02. The molecule has 1 atom stereocenters. The van der Waals surface area contributed by atoms with Crippen LogP contribution in [0.4, 0.5) is 5.69 Å². The van der Waals surface area contributed by atoms with Crippen molar-refractivity contribution in [1.82, 2.24) is 14.9 Å². The second-order valence-electron chi connectivity index (χ2n) is 8.02. The highest BCUT2D eigenvalue weighted by Gasteiger charge is 2.24. The van der Waals surface area contributed by atoms with Crippen molar-refractivity contribution in [1.29, 1.82) is 0 Å². The quantitative estimate of drug-likeness (QED) is 0.598. The van der Waals surface area contributed by atoms with Crippen molar-refractivity contribution in [3.8, 4) is 11.6 Å². The van der Waals surface area contributed by atoms with Gasteiger partial charge >= 0.3 is 0 Å². The summed E-state index contributed by atoms with van der Waals surface area (Å²) >= 11 is 0. The fourth-order valence-electron chi connectivity index (χ4n) is 3.89. The van der Waals surface area contributed by atoms with Crippen molar-refractivity contribution < 1.29 is 9.53 Å². The first kappa shape index (κ1) is 20.8. The van der Waals surface area contributed by atoms with Crippen molar-refractivity contribution in [2.24, 2.45) is 0 Å². The Kier molecular flexibility index (Phi) is 6.46. The number of rotatable bonds is 6. The Morgan fingerprint density at radius 2 is 2.00 bits per heavy atom. The fourth-order valence-corrected chi connectivity index (χ4v) is 3.89. The first-order valence-electron chi connectivity index (χ1n) is 10.8. The molecule has 2 heterocycles. The van der Waals surface area contributed by atoms with E-state index in [2.05, 4.69) is 22.2 Å². The van der Waals surface area contributed by atoms with Gasteiger partial charge < -0.3 is 15.0 Å². The van der Waals surface area contributed by atoms with E-state index >= 15 is 0 Å². The third-order valence-corrected chi connectivity index (χ3v) is 5.71. The van der Waals surface area contributed by atoms with Gasteiger partial charge in [-0.25, -0.2) is 4.98 Å². The topological polar surface area (TPSA) is 67.4 Å². The Labute approximate surface area is 183 Å². The molecule has 0 bridgehead atoms. The average molecular weight is 417 g/mol. The summed E-state index contributed by atoms with van der Waals surface area (Å²) in [7, 11) is 0. The van der Waals surface area contributed by atoms with Crippen LogP contribution in [-0.4, -0.2) is 33.4 Å². The second kappa shape index (κ2) is 9.60. The zero-order valence-corrected chi connectivity index (χ0v) is 18.0. The first-order valence-corrected chi connectivity index (χ1v) is 10.8. The maximum absolute atomic E-state index is 12.9. The van der Waals surface area contributed by atoms with Crippen LogP contribution in [0.1, 0.15) is 47.7 Å². The number of nitrogens with zero attached hydrogens (tertiary/aromatic N) is 3. The summed E-state index contributed by atoms with van der Waals surface area (Å²) in [5.41, 5.74) is 4.00. The molecule has 0 spiro atoms. The van der Waals surface area contributed by atoms with Crippen LogP contribution in [0.5, 0.6) is 11.6 Å². The Morgan fingerprint density at radius 1 is 1.16 bits per heavy atom. The molecule has 6 heteroatoms. The molecule has 3 aromatic rings. The van der Waals surface area contributed by atoms with Gasteiger partial charge in [-0.2, -0.15) is 0 Å². The number of benzene rings is 2. The molecule has 2 aromatic carbocycles. The number of piperidine rings is 1. The van der Waals surface area contributed by atoms with Gasteiger partial charge in [-0.05, 0) is 74.6 Å². The van der Waals surface area contributed by atoms with Crippen LogP contribution in [0.15, 0.2) is 61.1 Å². The summed E-state index contributed by atoms with van der Waals surface area (Å²) in [6, 6.07) is 14.1. The van der Waals surface area contributed by atoms with Crippen LogP contribution in [0.2, 0.25) is 0 Å². The smallest absolute Gasteiger partial charge is 0.254 e. The van der Waals surface area contributed by atoms with Crippen LogP contribution in [-0.2, 0) is 6.54 Å². The summed E-state index contributed by atoms with van der Waals surface area (Å²) in [5, 5.41) is 3.46. The van der Waals surface area contributed by atoms with E-state index in [0.717, 1.165) is 47.5 Å². The maximum atomic E-state index is 12.9. The van der Waals surface area contributed by atoms with Crippen molar-refractivity contribution in [3.63, 3.8) is 0 Å². The predicted molar refractivity (Wildman–Crippen MR) is 121 cm³/mol. The van der Waals surface area contributed by atoms with Gasteiger partial charge in [0.2, 0.25) is 5.88 Å². The monoisotopic (exact) mass is 416 g/mol. The number of nitrogens with one attached hydrogen (secondary N) is 1. The lowest BCUT2D eigenvalue weighted by atomic mass is 10.0. The maximum Gasteiger partial charge on any atom is 0.254 e. The normalized spacial score (nSPS) is 16.1. The van der Waals surface area contributed by atoms with Gasteiger partial charge in [0.05, 0.1) is 6.20 Å². The van der Waals surface area contributed by atoms with Gasteiger partial charge in [-0.1, -0.05) is 12.1 Å². The molecule has 1 aliphatic rings. The van der Waals surface area contributed by atoms with Crippen LogP contribution >= 0.6 is 0 Å². The molecule has 31 heavy (non-hydrogen) atoms. The number of ether oxygens (including phenoxy) is 1. The number of hydrogen-bond donors (Lipinski definition) is 1. The lowest BCUT2D eigenvalue weighted by molar-refractivity contribution is 0.0635. The number of likely N-dealkylation sites (tertiary alicyclic amines) is 1. The van der Waals surface area contributed by atoms with E-state index in [1.165, 1.54) is 6.42 Å². The number of aryl methyl sites for hydroxylation is 1. The van der Waals surface area contributed by atoms with Crippen molar-refractivity contribution in [3.05, 3.63) is 77.7 Å². The molecule has 0 aliphatic carbocycles. The van der Waals surface area contributed by atoms with E-state index in [0.29, 0.717) is 18.5 Å². The van der Waals surface area contributed by atoms with E-state index < -0.39 is 0 Å². The largest absolute Gasteiger partial charge is 0.438 e. The van der Waals surface area contributed by atoms with Gasteiger partial charge in [0.25, 0.3) is 5.91 Å². The van der Waals surface area contributed by atoms with Crippen molar-refractivity contribution in [2.45, 2.75) is 45.7 Å². The summed E-state index contributed by atoms with van der Waals surface area (Å²) in [5.74, 6) is 1.33. The summed E-state index contributed by atoms with van der Waals surface area (Å²) in [4.78, 5) is 23.0. The fraction of sp³-hybridized carbons (Fsp3) is 0.320. The van der Waals surface area contributed by atoms with Gasteiger partial charge in [0.1, 0.15) is 5.75 Å². The number of carbonyl (C=O) groups excluding carboxylic acids is 1. The number of anilines is 1. The molecule has 1 saturated heterocycles. The molecular weight excluding hydrogens is 388 g/mol. The minimum Gasteiger partial charge on any atom is -0.438 e. The number of amides is 1. The highest BCUT2D eigenvalue weighted by Crippen LogP contribution is 2.23. The van der Waals surface area contributed by atoms with Crippen LogP contribution < -0.4 is 10.1 Å². The zero-order chi connectivity index (χ0) is 21.6. The summed E-state index contributed by atoms with van der Waals surface area (Å²) in [6.45, 7) is 5.72. The van der Waals surface area contributed by atoms with Gasteiger partial charge in [-0.3, -0.25) is 9.78 Å². The van der Waals surface area contributed by atoms with Gasteiger partial charge in [0, 0.05) is 42.8 Å². The van der Waals surface area contributed by atoms with E-state index in [9.17, 15) is 4.79 Å². The molecule has 6 nitrogen and oxygen atoms in total. The third-order valence-electron chi connectivity index (χ3n) is 5.71. The molecule has 1 N–H and O–H groups in total. The van der Waals surface area contributed by atoms with E-state index in [-0.39, 0.29) is 5.91 Å². The molecule has 1 fully saturated rings. The minimum atomic E-state index is 0.139. The highest BCUT2D eigenvalue weighted by atomic mass is 16.5. The van der Waals surface area contributed by atoms with Gasteiger partial charge in [-0.15, -0.1) is 0 Å². The van der Waals surface area contributed by atoms with Crippen LogP contribution in [0, 0.1) is 6.92 Å². The van der Waals surface area contributed by atoms with Crippen LogP contribution in [0.3, 0.4) is 0 Å². The molecule has 1 aliphatic heterocycles. The number of aromatic nitrogens is 2. The number of hydrogen-bond acceptors (Lipinski definition) is 5. The Balaban J connectivity index is 1.36. The van der Waals surface area contributed by atoms with Crippen molar-refractivity contribution >= 4 is 11.6 Å². The molecule has 1 unspecified atom stereocenters. The summed E-state index contributed by atoms with van der Waals surface area (Å²) < 4.78 is 5.68. The number of carbonyl (C=O) groups is 1. The molecular formula is C25H28N4O2. The SMILES string of the molecule is Cc1cc(C(=O)N2CCCCC2C)ccc1NCc1ccc(Oc2cnccn2)cc1. The predicted octanol–water partition coefficient (Wildman–Crippen LogP) is 5.20. The molecule has 1 aromatic heterocycles. The zero-order valence-electron chi connectivity index (χ0n) is 18.0. The summed E-state index contributed by atoms with van der Waals surface area (Å²) in [6.07, 6.45) is 8.19. The van der Waals surface area contributed by atoms with E-state index in [4.69, 9.17) is 4.74 Å². The first-order chi connectivity index (χ1) is 15.1. The Morgan fingerprint density at radius 3 is 2.71 bits per heavy atom. The minimum absolute atomic E-state index is 0.139. The third kappa shape index (κ3) is 5.20. The molecule has 1 amide bonds. The molecule has 4 rings (SSSR count). The van der Waals surface area contributed by atoms with E-state index in [1.807, 2.05) is 54.3 Å². The highest BCUT2D eigenvalue weighted by molar-refractivity contribution is 5.95. The lowest BCUT2D eigenvalue weighted by Gasteiger charge is -2.33. The van der Waals surface area contributed by atoms with Gasteiger partial charge in [0.15, 0.2) is 0 Å². The van der Waals surface area contributed by atoms with Crippen molar-refractivity contribution in [2.75, 3.05) is 11.9 Å². The van der Waals surface area contributed by atoms with Crippen LogP contribution in [0.25, 0.3) is 0 Å². The molecule has 0 saturated carbocycles. The van der Waals surface area contributed by atoms with E-state index in [1.54, 1.807) is 18.6 Å². The molecule has 160 valence electrons. The Bertz CT molecular complexity index is 1020. The molecule has 0 radical (unpaired) electrons. The lowest BCUT2D eigenvalue weighted by Crippen LogP contribution is -2.42.